The summed E-state index contributed by atoms with van der Waals surface area (Å²) < 4.78 is 0. The maximum atomic E-state index is 11.7. The first-order valence-electron chi connectivity index (χ1n) is 5.11. The van der Waals surface area contributed by atoms with Crippen molar-refractivity contribution < 1.29 is 14.7 Å². The number of rotatable bonds is 5. The van der Waals surface area contributed by atoms with Crippen molar-refractivity contribution in [3.8, 4) is 0 Å². The van der Waals surface area contributed by atoms with Gasteiger partial charge in [0, 0.05) is 6.54 Å². The second-order valence-corrected chi connectivity index (χ2v) is 4.50. The molecule has 1 heterocycles. The lowest BCUT2D eigenvalue weighted by atomic mass is 10.1. The summed E-state index contributed by atoms with van der Waals surface area (Å²) in [7, 11) is 0. The molecule has 0 aliphatic heterocycles. The number of carbonyl (C=O) groups is 2. The number of carbonyl (C=O) groups excluding carboxylic acids is 1. The Kier molecular flexibility index (Phi) is 4.49. The van der Waals surface area contributed by atoms with Crippen LogP contribution in [0.4, 0.5) is 0 Å². The Morgan fingerprint density at radius 3 is 2.69 bits per heavy atom. The van der Waals surface area contributed by atoms with E-state index in [-0.39, 0.29) is 12.5 Å². The first-order valence-corrected chi connectivity index (χ1v) is 5.99. The molecule has 1 atom stereocenters. The predicted molar refractivity (Wildman–Crippen MR) is 62.8 cm³/mol. The zero-order valence-corrected chi connectivity index (χ0v) is 10.1. The average molecular weight is 241 g/mol. The van der Waals surface area contributed by atoms with Crippen molar-refractivity contribution in [2.45, 2.75) is 20.3 Å². The first-order chi connectivity index (χ1) is 7.56. The minimum absolute atomic E-state index is 0.183. The van der Waals surface area contributed by atoms with Crippen molar-refractivity contribution in [3.63, 3.8) is 0 Å². The molecule has 0 bridgehead atoms. The molecular weight excluding hydrogens is 226 g/mol. The number of amides is 1. The van der Waals surface area contributed by atoms with Crippen molar-refractivity contribution >= 4 is 23.2 Å². The minimum Gasteiger partial charge on any atom is -0.481 e. The molecule has 0 fully saturated rings. The number of nitrogens with one attached hydrogen (secondary N) is 1. The molecule has 0 saturated heterocycles. The van der Waals surface area contributed by atoms with Crippen LogP contribution >= 0.6 is 11.3 Å². The van der Waals surface area contributed by atoms with E-state index in [0.29, 0.717) is 11.3 Å². The molecule has 0 spiro atoms. The second kappa shape index (κ2) is 5.65. The van der Waals surface area contributed by atoms with Crippen LogP contribution in [0.3, 0.4) is 0 Å². The van der Waals surface area contributed by atoms with Crippen LogP contribution in [-0.2, 0) is 4.79 Å². The fourth-order valence-electron chi connectivity index (χ4n) is 1.31. The molecule has 0 saturated carbocycles. The van der Waals surface area contributed by atoms with E-state index in [2.05, 4.69) is 5.32 Å². The van der Waals surface area contributed by atoms with Gasteiger partial charge in [-0.3, -0.25) is 9.59 Å². The highest BCUT2D eigenvalue weighted by Gasteiger charge is 2.17. The van der Waals surface area contributed by atoms with Gasteiger partial charge in [-0.05, 0) is 30.4 Å². The summed E-state index contributed by atoms with van der Waals surface area (Å²) >= 11 is 1.37. The van der Waals surface area contributed by atoms with E-state index in [4.69, 9.17) is 5.11 Å². The van der Waals surface area contributed by atoms with Crippen LogP contribution in [0.5, 0.6) is 0 Å². The van der Waals surface area contributed by atoms with Crippen LogP contribution < -0.4 is 5.32 Å². The lowest BCUT2D eigenvalue weighted by molar-refractivity contribution is -0.141. The van der Waals surface area contributed by atoms with Crippen molar-refractivity contribution in [2.24, 2.45) is 5.92 Å². The van der Waals surface area contributed by atoms with Crippen molar-refractivity contribution in [1.82, 2.24) is 5.32 Å². The Morgan fingerprint density at radius 1 is 1.56 bits per heavy atom. The largest absolute Gasteiger partial charge is 0.481 e. The number of carboxylic acid groups (broad SMARTS) is 1. The lowest BCUT2D eigenvalue weighted by Gasteiger charge is -2.10. The third-order valence-corrected chi connectivity index (χ3v) is 3.43. The molecule has 0 radical (unpaired) electrons. The normalized spacial score (nSPS) is 12.1. The van der Waals surface area contributed by atoms with E-state index in [9.17, 15) is 9.59 Å². The Morgan fingerprint density at radius 2 is 2.25 bits per heavy atom. The Hall–Kier alpha value is -1.36. The molecule has 1 unspecified atom stereocenters. The molecule has 0 aromatic carbocycles. The van der Waals surface area contributed by atoms with Gasteiger partial charge in [0.1, 0.15) is 0 Å². The standard InChI is InChI=1S/C11H15NO3S/c1-3-8(11(14)15)6-12-10(13)9-7(2)4-5-16-9/h4-5,8H,3,6H2,1-2H3,(H,12,13)(H,14,15). The topological polar surface area (TPSA) is 66.4 Å². The quantitative estimate of drug-likeness (QED) is 0.827. The molecule has 1 rings (SSSR count). The van der Waals surface area contributed by atoms with Crippen LogP contribution in [0.25, 0.3) is 0 Å². The van der Waals surface area contributed by atoms with Gasteiger partial charge in [0.25, 0.3) is 5.91 Å². The highest BCUT2D eigenvalue weighted by molar-refractivity contribution is 7.12. The molecule has 0 aliphatic carbocycles. The molecular formula is C11H15NO3S. The van der Waals surface area contributed by atoms with Crippen LogP contribution in [0.15, 0.2) is 11.4 Å². The zero-order chi connectivity index (χ0) is 12.1. The second-order valence-electron chi connectivity index (χ2n) is 3.59. The van der Waals surface area contributed by atoms with E-state index in [0.717, 1.165) is 5.56 Å². The average Bonchev–Trinajstić information content (AvgIpc) is 2.64. The van der Waals surface area contributed by atoms with Crippen LogP contribution in [0.1, 0.15) is 28.6 Å². The summed E-state index contributed by atoms with van der Waals surface area (Å²) in [6.45, 7) is 3.84. The third kappa shape index (κ3) is 3.06. The van der Waals surface area contributed by atoms with Crippen LogP contribution in [-0.4, -0.2) is 23.5 Å². The Labute approximate surface area is 98.3 Å². The highest BCUT2D eigenvalue weighted by Crippen LogP contribution is 2.15. The van der Waals surface area contributed by atoms with E-state index >= 15 is 0 Å². The van der Waals surface area contributed by atoms with Crippen molar-refractivity contribution in [1.29, 1.82) is 0 Å². The van der Waals surface area contributed by atoms with E-state index < -0.39 is 11.9 Å². The Bertz CT molecular complexity index is 386. The van der Waals surface area contributed by atoms with E-state index in [1.54, 1.807) is 6.92 Å². The predicted octanol–water partition coefficient (Wildman–Crippen LogP) is 1.90. The molecule has 1 aromatic rings. The van der Waals surface area contributed by atoms with Gasteiger partial charge in [0.05, 0.1) is 10.8 Å². The minimum atomic E-state index is -0.870. The van der Waals surface area contributed by atoms with Crippen LogP contribution in [0, 0.1) is 12.8 Å². The summed E-state index contributed by atoms with van der Waals surface area (Å²) in [6.07, 6.45) is 0.513. The summed E-state index contributed by atoms with van der Waals surface area (Å²) in [4.78, 5) is 23.1. The van der Waals surface area contributed by atoms with Crippen LogP contribution in [0.2, 0.25) is 0 Å². The number of hydrogen-bond acceptors (Lipinski definition) is 3. The smallest absolute Gasteiger partial charge is 0.308 e. The Balaban J connectivity index is 2.53. The maximum Gasteiger partial charge on any atom is 0.308 e. The van der Waals surface area contributed by atoms with E-state index in [1.807, 2.05) is 18.4 Å². The third-order valence-electron chi connectivity index (χ3n) is 2.42. The zero-order valence-electron chi connectivity index (χ0n) is 9.32. The number of hydrogen-bond donors (Lipinski definition) is 2. The molecule has 1 amide bonds. The summed E-state index contributed by atoms with van der Waals surface area (Å²) in [5.74, 6) is -1.57. The molecule has 5 heteroatoms. The molecule has 1 aromatic heterocycles. The SMILES string of the molecule is CCC(CNC(=O)c1sccc1C)C(=O)O. The molecule has 88 valence electrons. The van der Waals surface area contributed by atoms with Gasteiger partial charge in [-0.25, -0.2) is 0 Å². The summed E-state index contributed by atoms with van der Waals surface area (Å²) in [5, 5.41) is 13.3. The monoisotopic (exact) mass is 241 g/mol. The molecule has 4 nitrogen and oxygen atoms in total. The summed E-state index contributed by atoms with van der Waals surface area (Å²) in [5.41, 5.74) is 0.922. The van der Waals surface area contributed by atoms with Gasteiger partial charge in [0.2, 0.25) is 0 Å². The number of carboxylic acids is 1. The van der Waals surface area contributed by atoms with Gasteiger partial charge in [-0.2, -0.15) is 0 Å². The molecule has 16 heavy (non-hydrogen) atoms. The number of aliphatic carboxylic acids is 1. The fourth-order valence-corrected chi connectivity index (χ4v) is 2.15. The van der Waals surface area contributed by atoms with Crippen molar-refractivity contribution in [2.75, 3.05) is 6.54 Å². The van der Waals surface area contributed by atoms with Gasteiger partial charge in [-0.15, -0.1) is 11.3 Å². The maximum absolute atomic E-state index is 11.7. The van der Waals surface area contributed by atoms with Crippen molar-refractivity contribution in [3.05, 3.63) is 21.9 Å². The van der Waals surface area contributed by atoms with Gasteiger partial charge in [-0.1, -0.05) is 6.92 Å². The number of thiophene rings is 1. The fraction of sp³-hybridized carbons (Fsp3) is 0.455. The van der Waals surface area contributed by atoms with Gasteiger partial charge in [0.15, 0.2) is 0 Å². The highest BCUT2D eigenvalue weighted by atomic mass is 32.1. The lowest BCUT2D eigenvalue weighted by Crippen LogP contribution is -2.32. The van der Waals surface area contributed by atoms with E-state index in [1.165, 1.54) is 11.3 Å². The van der Waals surface area contributed by atoms with Gasteiger partial charge >= 0.3 is 5.97 Å². The number of aryl methyl sites for hydroxylation is 1. The summed E-state index contributed by atoms with van der Waals surface area (Å²) in [6, 6.07) is 1.87. The molecule has 0 aliphatic rings. The van der Waals surface area contributed by atoms with Gasteiger partial charge < -0.3 is 10.4 Å². The molecule has 2 N–H and O–H groups in total. The first kappa shape index (κ1) is 12.7.